The van der Waals surface area contributed by atoms with Crippen LogP contribution >= 0.6 is 0 Å². The van der Waals surface area contributed by atoms with Crippen molar-refractivity contribution in [3.05, 3.63) is 27.8 Å². The van der Waals surface area contributed by atoms with Gasteiger partial charge in [0.1, 0.15) is 5.75 Å². The zero-order chi connectivity index (χ0) is 22.0. The maximum atomic E-state index is 12.4. The summed E-state index contributed by atoms with van der Waals surface area (Å²) in [6.07, 6.45) is -2.25. The third-order valence-corrected chi connectivity index (χ3v) is 4.08. The minimum Gasteiger partial charge on any atom is -0.507 e. The van der Waals surface area contributed by atoms with Gasteiger partial charge in [-0.05, 0) is 26.3 Å². The SMILES string of the molecule is CC.Cc1c(O)c(C)c(C(=O)NCC(O)CO)c(C)c1C(=O)NCC(O)CO. The van der Waals surface area contributed by atoms with Crippen molar-refractivity contribution >= 4 is 11.8 Å². The Kier molecular flexibility index (Phi) is 11.3. The predicted octanol–water partition coefficient (Wildman–Crippen LogP) is -0.490. The van der Waals surface area contributed by atoms with Crippen molar-refractivity contribution in [2.24, 2.45) is 0 Å². The number of nitrogens with one attached hydrogen (secondary N) is 2. The number of rotatable bonds is 8. The molecule has 0 saturated heterocycles. The Hall–Kier alpha value is -2.20. The monoisotopic (exact) mass is 400 g/mol. The van der Waals surface area contributed by atoms with Crippen LogP contribution in [0.15, 0.2) is 0 Å². The van der Waals surface area contributed by atoms with Gasteiger partial charge in [-0.2, -0.15) is 0 Å². The van der Waals surface area contributed by atoms with E-state index >= 15 is 0 Å². The Labute approximate surface area is 165 Å². The molecule has 0 radical (unpaired) electrons. The van der Waals surface area contributed by atoms with E-state index in [-0.39, 0.29) is 41.1 Å². The molecule has 7 N–H and O–H groups in total. The molecule has 0 fully saturated rings. The van der Waals surface area contributed by atoms with E-state index in [2.05, 4.69) is 10.6 Å². The van der Waals surface area contributed by atoms with E-state index in [1.165, 1.54) is 13.8 Å². The Morgan fingerprint density at radius 2 is 1.11 bits per heavy atom. The smallest absolute Gasteiger partial charge is 0.252 e. The maximum Gasteiger partial charge on any atom is 0.252 e. The minimum atomic E-state index is -1.12. The van der Waals surface area contributed by atoms with Gasteiger partial charge in [0.15, 0.2) is 0 Å². The van der Waals surface area contributed by atoms with Crippen LogP contribution in [0, 0.1) is 20.8 Å². The Morgan fingerprint density at radius 1 is 0.786 bits per heavy atom. The highest BCUT2D eigenvalue weighted by Gasteiger charge is 2.25. The van der Waals surface area contributed by atoms with E-state index in [0.29, 0.717) is 5.56 Å². The fourth-order valence-corrected chi connectivity index (χ4v) is 2.61. The zero-order valence-corrected chi connectivity index (χ0v) is 17.0. The van der Waals surface area contributed by atoms with Crippen molar-refractivity contribution in [1.29, 1.82) is 0 Å². The standard InChI is InChI=1S/C17H26N2O7.C2H6/c1-8-13(16(25)18-4-11(22)6-20)9(2)15(24)10(3)14(8)17(26)19-5-12(23)7-21;1-2/h11-12,20-24H,4-7H2,1-3H3,(H,18,25)(H,19,26);1-2H3. The van der Waals surface area contributed by atoms with Crippen LogP contribution in [0.2, 0.25) is 0 Å². The van der Waals surface area contributed by atoms with Gasteiger partial charge in [0.05, 0.1) is 25.4 Å². The Balaban J connectivity index is 0.00000352. The average molecular weight is 400 g/mol. The molecule has 0 aliphatic heterocycles. The molecule has 2 unspecified atom stereocenters. The first-order valence-electron chi connectivity index (χ1n) is 9.12. The molecule has 2 atom stereocenters. The zero-order valence-electron chi connectivity index (χ0n) is 17.0. The van der Waals surface area contributed by atoms with Crippen molar-refractivity contribution < 1.29 is 35.1 Å². The number of amides is 2. The highest BCUT2D eigenvalue weighted by molar-refractivity contribution is 6.05. The summed E-state index contributed by atoms with van der Waals surface area (Å²) in [5.74, 6) is -1.42. The van der Waals surface area contributed by atoms with Gasteiger partial charge < -0.3 is 36.2 Å². The molecule has 1 aromatic rings. The van der Waals surface area contributed by atoms with Crippen LogP contribution < -0.4 is 10.6 Å². The highest BCUT2D eigenvalue weighted by Crippen LogP contribution is 2.32. The molecule has 0 spiro atoms. The van der Waals surface area contributed by atoms with Crippen molar-refractivity contribution in [2.75, 3.05) is 26.3 Å². The molecular weight excluding hydrogens is 368 g/mol. The second kappa shape index (κ2) is 12.3. The van der Waals surface area contributed by atoms with Gasteiger partial charge >= 0.3 is 0 Å². The van der Waals surface area contributed by atoms with Crippen molar-refractivity contribution in [2.45, 2.75) is 46.8 Å². The van der Waals surface area contributed by atoms with Crippen LogP contribution in [0.1, 0.15) is 51.3 Å². The summed E-state index contributed by atoms with van der Waals surface area (Å²) in [4.78, 5) is 24.9. The summed E-state index contributed by atoms with van der Waals surface area (Å²) < 4.78 is 0. The number of hydrogen-bond acceptors (Lipinski definition) is 7. The normalized spacial score (nSPS) is 12.5. The third-order valence-electron chi connectivity index (χ3n) is 4.08. The van der Waals surface area contributed by atoms with E-state index < -0.39 is 37.2 Å². The van der Waals surface area contributed by atoms with Gasteiger partial charge in [-0.15, -0.1) is 0 Å². The summed E-state index contributed by atoms with van der Waals surface area (Å²) >= 11 is 0. The number of aromatic hydroxyl groups is 1. The largest absolute Gasteiger partial charge is 0.507 e. The van der Waals surface area contributed by atoms with Crippen molar-refractivity contribution in [3.63, 3.8) is 0 Å². The third kappa shape index (κ3) is 6.45. The number of carbonyl (C=O) groups excluding carboxylic acids is 2. The van der Waals surface area contributed by atoms with E-state index in [1.54, 1.807) is 6.92 Å². The predicted molar refractivity (Wildman–Crippen MR) is 105 cm³/mol. The topological polar surface area (TPSA) is 159 Å². The van der Waals surface area contributed by atoms with Crippen LogP contribution in [0.25, 0.3) is 0 Å². The summed E-state index contributed by atoms with van der Waals surface area (Å²) in [5.41, 5.74) is 1.06. The molecular formula is C19H32N2O7. The van der Waals surface area contributed by atoms with Gasteiger partial charge in [-0.25, -0.2) is 0 Å². The number of phenols is 1. The quantitative estimate of drug-likeness (QED) is 0.310. The summed E-state index contributed by atoms with van der Waals surface area (Å²) in [6, 6.07) is 0. The van der Waals surface area contributed by atoms with Crippen LogP contribution in [-0.2, 0) is 0 Å². The van der Waals surface area contributed by atoms with E-state index in [0.717, 1.165) is 0 Å². The molecule has 9 nitrogen and oxygen atoms in total. The summed E-state index contributed by atoms with van der Waals surface area (Å²) in [7, 11) is 0. The lowest BCUT2D eigenvalue weighted by molar-refractivity contribution is 0.0798. The van der Waals surface area contributed by atoms with Gasteiger partial charge in [-0.3, -0.25) is 9.59 Å². The number of hydrogen-bond donors (Lipinski definition) is 7. The molecule has 1 aromatic carbocycles. The number of benzene rings is 1. The molecule has 0 aliphatic rings. The number of carbonyl (C=O) groups is 2. The first kappa shape index (κ1) is 25.8. The molecule has 9 heteroatoms. The average Bonchev–Trinajstić information content (AvgIpc) is 2.70. The molecule has 0 aliphatic carbocycles. The fraction of sp³-hybridized carbons (Fsp3) is 0.579. The molecule has 0 heterocycles. The van der Waals surface area contributed by atoms with Crippen molar-refractivity contribution in [3.8, 4) is 5.75 Å². The van der Waals surface area contributed by atoms with E-state index in [1.807, 2.05) is 13.8 Å². The van der Waals surface area contributed by atoms with E-state index in [9.17, 15) is 24.9 Å². The molecule has 0 aromatic heterocycles. The summed E-state index contributed by atoms with van der Waals surface area (Å²) in [5, 5.41) is 51.5. The van der Waals surface area contributed by atoms with Crippen LogP contribution in [0.3, 0.4) is 0 Å². The van der Waals surface area contributed by atoms with Crippen LogP contribution in [0.4, 0.5) is 0 Å². The molecule has 28 heavy (non-hydrogen) atoms. The number of phenolic OH excluding ortho intramolecular Hbond substituents is 1. The molecule has 160 valence electrons. The molecule has 0 saturated carbocycles. The van der Waals surface area contributed by atoms with Crippen LogP contribution in [0.5, 0.6) is 5.75 Å². The first-order chi connectivity index (χ1) is 13.1. The lowest BCUT2D eigenvalue weighted by atomic mass is 9.91. The second-order valence-electron chi connectivity index (χ2n) is 6.07. The minimum absolute atomic E-state index is 0.0890. The second-order valence-corrected chi connectivity index (χ2v) is 6.07. The Morgan fingerprint density at radius 3 is 1.39 bits per heavy atom. The molecule has 1 rings (SSSR count). The van der Waals surface area contributed by atoms with Gasteiger partial charge in [0, 0.05) is 35.3 Å². The maximum absolute atomic E-state index is 12.4. The molecule has 2 amide bonds. The lowest BCUT2D eigenvalue weighted by Crippen LogP contribution is -2.36. The number of aliphatic hydroxyl groups is 4. The Bertz CT molecular complexity index is 624. The lowest BCUT2D eigenvalue weighted by Gasteiger charge is -2.19. The summed E-state index contributed by atoms with van der Waals surface area (Å²) in [6.45, 7) is 7.21. The van der Waals surface area contributed by atoms with Crippen molar-refractivity contribution in [1.82, 2.24) is 10.6 Å². The van der Waals surface area contributed by atoms with E-state index in [4.69, 9.17) is 10.2 Å². The first-order valence-corrected chi connectivity index (χ1v) is 9.12. The molecule has 0 bridgehead atoms. The van der Waals surface area contributed by atoms with Gasteiger partial charge in [0.25, 0.3) is 11.8 Å². The highest BCUT2D eigenvalue weighted by atomic mass is 16.3. The van der Waals surface area contributed by atoms with Gasteiger partial charge in [0.2, 0.25) is 0 Å². The fourth-order valence-electron chi connectivity index (χ4n) is 2.61. The van der Waals surface area contributed by atoms with Crippen LogP contribution in [-0.4, -0.2) is 75.9 Å². The van der Waals surface area contributed by atoms with Gasteiger partial charge in [-0.1, -0.05) is 13.8 Å². The number of aliphatic hydroxyl groups excluding tert-OH is 4.